The van der Waals surface area contributed by atoms with Gasteiger partial charge in [-0.3, -0.25) is 33.7 Å². The Kier molecular flexibility index (Phi) is 15.6. The number of hydrogen-bond donors (Lipinski definition) is 2. The van der Waals surface area contributed by atoms with Gasteiger partial charge in [0, 0.05) is 89.1 Å². The number of likely N-dealkylation sites (tertiary alicyclic amines) is 3. The Morgan fingerprint density at radius 3 is 2.11 bits per heavy atom. The van der Waals surface area contributed by atoms with Crippen LogP contribution in [0, 0.1) is 23.5 Å². The summed E-state index contributed by atoms with van der Waals surface area (Å²) in [7, 11) is 0. The van der Waals surface area contributed by atoms with Gasteiger partial charge in [0.1, 0.15) is 17.7 Å². The molecule has 4 saturated heterocycles. The molecule has 6 fully saturated rings. The number of piperazine rings is 1. The van der Waals surface area contributed by atoms with Gasteiger partial charge in [-0.15, -0.1) is 0 Å². The lowest BCUT2D eigenvalue weighted by Gasteiger charge is -2.40. The van der Waals surface area contributed by atoms with E-state index in [4.69, 9.17) is 4.74 Å². The summed E-state index contributed by atoms with van der Waals surface area (Å²) in [6.07, 6.45) is 11.3. The summed E-state index contributed by atoms with van der Waals surface area (Å²) in [6, 6.07) is 15.8. The number of nitrogens with zero attached hydrogens (tertiary/aromatic N) is 6. The Bertz CT molecular complexity index is 2740. The van der Waals surface area contributed by atoms with Crippen LogP contribution in [0.4, 0.5) is 8.78 Å². The summed E-state index contributed by atoms with van der Waals surface area (Å²) < 4.78 is 38.0. The van der Waals surface area contributed by atoms with Crippen molar-refractivity contribution in [3.8, 4) is 0 Å². The summed E-state index contributed by atoms with van der Waals surface area (Å²) >= 11 is 0. The maximum Gasteiger partial charge on any atom is 0.272 e. The van der Waals surface area contributed by atoms with Crippen LogP contribution in [0.25, 0.3) is 10.8 Å². The molecule has 6 aliphatic rings. The number of rotatable bonds is 13. The van der Waals surface area contributed by atoms with Crippen molar-refractivity contribution in [3.05, 3.63) is 111 Å². The van der Waals surface area contributed by atoms with Gasteiger partial charge in [-0.05, 0) is 106 Å². The van der Waals surface area contributed by atoms with Crippen LogP contribution in [0.1, 0.15) is 127 Å². The molecular formula is C56H68F2N8O7. The number of aromatic nitrogens is 2. The van der Waals surface area contributed by atoms with E-state index in [9.17, 15) is 28.8 Å². The average molecular weight is 1000 g/mol. The minimum Gasteiger partial charge on any atom is -0.375 e. The molecule has 2 saturated carbocycles. The van der Waals surface area contributed by atoms with Gasteiger partial charge in [-0.25, -0.2) is 13.9 Å². The van der Waals surface area contributed by atoms with Crippen molar-refractivity contribution in [2.45, 2.75) is 114 Å². The van der Waals surface area contributed by atoms with E-state index in [0.29, 0.717) is 99.2 Å². The highest BCUT2D eigenvalue weighted by Crippen LogP contribution is 2.36. The highest BCUT2D eigenvalue weighted by molar-refractivity contribution is 5.98. The fourth-order valence-electron chi connectivity index (χ4n) is 12.0. The first kappa shape index (κ1) is 50.5. The van der Waals surface area contributed by atoms with Gasteiger partial charge in [0.2, 0.25) is 17.7 Å². The molecule has 388 valence electrons. The Labute approximate surface area is 425 Å². The van der Waals surface area contributed by atoms with E-state index in [-0.39, 0.29) is 84.0 Å². The lowest BCUT2D eigenvalue weighted by molar-refractivity contribution is -0.140. The van der Waals surface area contributed by atoms with Crippen LogP contribution in [0.15, 0.2) is 65.5 Å². The second kappa shape index (κ2) is 22.6. The zero-order valence-electron chi connectivity index (χ0n) is 41.7. The number of amides is 5. The van der Waals surface area contributed by atoms with Crippen LogP contribution in [0.3, 0.4) is 0 Å². The number of halogens is 2. The molecule has 10 rings (SSSR count). The molecule has 2 N–H and O–H groups in total. The number of nitrogens with one attached hydrogen (secondary N) is 2. The summed E-state index contributed by atoms with van der Waals surface area (Å²) in [6.45, 7) is 5.11. The Hall–Kier alpha value is -6.07. The predicted molar refractivity (Wildman–Crippen MR) is 270 cm³/mol. The van der Waals surface area contributed by atoms with E-state index in [0.717, 1.165) is 70.6 Å². The fourth-order valence-corrected chi connectivity index (χ4v) is 12.0. The van der Waals surface area contributed by atoms with E-state index in [2.05, 4.69) is 20.4 Å². The maximum atomic E-state index is 16.3. The number of piperidine rings is 3. The Morgan fingerprint density at radius 2 is 1.38 bits per heavy atom. The number of fused-ring (bicyclic) bond motifs is 1. The van der Waals surface area contributed by atoms with E-state index >= 15 is 8.78 Å². The summed E-state index contributed by atoms with van der Waals surface area (Å²) in [5.41, 5.74) is 1.36. The van der Waals surface area contributed by atoms with Crippen molar-refractivity contribution in [2.24, 2.45) is 11.8 Å². The Balaban J connectivity index is 0.664. The van der Waals surface area contributed by atoms with Crippen LogP contribution in [-0.2, 0) is 25.5 Å². The third-order valence-electron chi connectivity index (χ3n) is 16.4. The van der Waals surface area contributed by atoms with Crippen molar-refractivity contribution in [3.63, 3.8) is 0 Å². The van der Waals surface area contributed by atoms with Crippen LogP contribution in [-0.4, -0.2) is 154 Å². The molecular weight excluding hydrogens is 935 g/mol. The molecule has 2 aliphatic carbocycles. The lowest BCUT2D eigenvalue weighted by atomic mass is 9.83. The van der Waals surface area contributed by atoms with Gasteiger partial charge in [0.05, 0.1) is 41.0 Å². The van der Waals surface area contributed by atoms with Crippen LogP contribution < -0.4 is 10.9 Å². The van der Waals surface area contributed by atoms with Crippen molar-refractivity contribution < 1.29 is 37.5 Å². The highest BCUT2D eigenvalue weighted by atomic mass is 19.1. The third-order valence-corrected chi connectivity index (χ3v) is 16.4. The number of benzene rings is 3. The minimum atomic E-state index is -0.748. The molecule has 0 radical (unpaired) electrons. The van der Waals surface area contributed by atoms with Gasteiger partial charge in [-0.2, -0.15) is 5.10 Å². The van der Waals surface area contributed by atoms with E-state index in [1.165, 1.54) is 12.1 Å². The minimum absolute atomic E-state index is 0.00711. The lowest BCUT2D eigenvalue weighted by Crippen LogP contribution is -2.55. The maximum absolute atomic E-state index is 16.3. The molecule has 5 amide bonds. The molecule has 1 aromatic heterocycles. The first-order valence-electron chi connectivity index (χ1n) is 26.8. The van der Waals surface area contributed by atoms with Crippen molar-refractivity contribution in [1.29, 1.82) is 0 Å². The number of H-pyrrole nitrogens is 1. The first-order chi connectivity index (χ1) is 35.5. The molecule has 3 aromatic carbocycles. The second-order valence-electron chi connectivity index (χ2n) is 21.3. The van der Waals surface area contributed by atoms with E-state index in [1.807, 2.05) is 21.9 Å². The smallest absolute Gasteiger partial charge is 0.272 e. The highest BCUT2D eigenvalue weighted by Gasteiger charge is 2.39. The molecule has 5 heterocycles. The molecule has 2 atom stereocenters. The zero-order valence-corrected chi connectivity index (χ0v) is 41.7. The van der Waals surface area contributed by atoms with Gasteiger partial charge in [-0.1, -0.05) is 55.7 Å². The molecule has 0 bridgehead atoms. The standard InChI is InChI=1S/C56H68F2N8O7/c57-47-18-15-36(33-48-43-11-4-5-12-44(43)53(69)61-60-48)32-46(47)55(71)65-30-28-63(29-31-65)49(67)35-62-24-19-40(20-25-62)73-41-21-26-64(27-22-41)56(72)51(37-8-2-1-3-9-37)59-52(68)45-14-6-13-42(50(45)58)39-10-7-23-66(34-39)54(70)38-16-17-38/h4-6,11-15,18,32,37-41,51H,1-3,7-10,16-17,19-31,33-35H2,(H,59,68)(H,61,69). The normalized spacial score (nSPS) is 21.3. The molecule has 0 spiro atoms. The van der Waals surface area contributed by atoms with Crippen LogP contribution in [0.2, 0.25) is 0 Å². The van der Waals surface area contributed by atoms with Crippen LogP contribution >= 0.6 is 0 Å². The topological polar surface area (TPSA) is 169 Å². The number of carbonyl (C=O) groups excluding carboxylic acids is 5. The zero-order chi connectivity index (χ0) is 50.6. The monoisotopic (exact) mass is 1000 g/mol. The van der Waals surface area contributed by atoms with Crippen molar-refractivity contribution in [1.82, 2.24) is 40.0 Å². The molecule has 73 heavy (non-hydrogen) atoms. The van der Waals surface area contributed by atoms with Crippen LogP contribution in [0.5, 0.6) is 0 Å². The Morgan fingerprint density at radius 1 is 0.685 bits per heavy atom. The quantitative estimate of drug-likeness (QED) is 0.162. The average Bonchev–Trinajstić information content (AvgIpc) is 4.28. The van der Waals surface area contributed by atoms with Crippen molar-refractivity contribution >= 4 is 40.3 Å². The molecule has 17 heteroatoms. The first-order valence-corrected chi connectivity index (χ1v) is 26.8. The molecule has 15 nitrogen and oxygen atoms in total. The summed E-state index contributed by atoms with van der Waals surface area (Å²) in [5.74, 6) is -2.26. The number of hydrogen-bond acceptors (Lipinski definition) is 9. The SMILES string of the molecule is O=C(NC(C(=O)N1CCC(OC2CCN(CC(=O)N3CCN(C(=O)c4cc(Cc5n[nH]c(=O)c6ccccc56)ccc4F)CC3)CC2)CC1)C1CCCCC1)c1cccc(C2CCCN(C(=O)C3CC3)C2)c1F. The molecule has 2 unspecified atom stereocenters. The van der Waals surface area contributed by atoms with Crippen molar-refractivity contribution in [2.75, 3.05) is 72.0 Å². The number of carbonyl (C=O) groups is 5. The van der Waals surface area contributed by atoms with Gasteiger partial charge >= 0.3 is 0 Å². The summed E-state index contributed by atoms with van der Waals surface area (Å²) in [5, 5.41) is 11.0. The predicted octanol–water partition coefficient (Wildman–Crippen LogP) is 6.04. The molecule has 4 aromatic rings. The number of ether oxygens (including phenoxy) is 1. The van der Waals surface area contributed by atoms with Gasteiger partial charge in [0.25, 0.3) is 17.4 Å². The number of aromatic amines is 1. The van der Waals surface area contributed by atoms with Gasteiger partial charge < -0.3 is 29.7 Å². The fraction of sp³-hybridized carbons (Fsp3) is 0.554. The van der Waals surface area contributed by atoms with E-state index < -0.39 is 29.5 Å². The largest absolute Gasteiger partial charge is 0.375 e. The van der Waals surface area contributed by atoms with E-state index in [1.54, 1.807) is 46.2 Å². The second-order valence-corrected chi connectivity index (χ2v) is 21.3. The summed E-state index contributed by atoms with van der Waals surface area (Å²) in [4.78, 5) is 89.7. The molecule has 4 aliphatic heterocycles. The van der Waals surface area contributed by atoms with Gasteiger partial charge in [0.15, 0.2) is 0 Å². The third kappa shape index (κ3) is 11.7.